The standard InChI is InChI=1S/C24H26F5N9O/c1-12-31-16-4-3-15(32-22(16)37(12)8-18(26)27)19-14(25)7-38-20(19)21(30-2)34-23(35-38)33-17-5-6-36(11-24(17,28)29)13-9-39-10-13/h3-4,7,13,17-18H,5-6,8-11H2,1-2H3,(H2,30,33,34,35)/t17-/m1/s1. The van der Waals surface area contributed by atoms with Gasteiger partial charge in [-0.15, -0.1) is 5.10 Å². The van der Waals surface area contributed by atoms with Crippen LogP contribution in [-0.2, 0) is 11.3 Å². The number of hydrogen-bond acceptors (Lipinski definition) is 8. The number of piperidine rings is 1. The van der Waals surface area contributed by atoms with Gasteiger partial charge in [0.25, 0.3) is 12.3 Å². The predicted octanol–water partition coefficient (Wildman–Crippen LogP) is 3.42. The number of ether oxygens (including phenoxy) is 1. The molecule has 39 heavy (non-hydrogen) atoms. The molecule has 15 heteroatoms. The monoisotopic (exact) mass is 551 g/mol. The average molecular weight is 552 g/mol. The second-order valence-electron chi connectivity index (χ2n) is 9.79. The summed E-state index contributed by atoms with van der Waals surface area (Å²) >= 11 is 0. The summed E-state index contributed by atoms with van der Waals surface area (Å²) in [4.78, 5) is 14.8. The lowest BCUT2D eigenvalue weighted by molar-refractivity contribution is -0.131. The van der Waals surface area contributed by atoms with Crippen molar-refractivity contribution in [2.75, 3.05) is 44.0 Å². The molecule has 0 bridgehead atoms. The molecular weight excluding hydrogens is 525 g/mol. The van der Waals surface area contributed by atoms with Gasteiger partial charge in [-0.25, -0.2) is 36.4 Å². The maximum absolute atomic E-state index is 15.3. The van der Waals surface area contributed by atoms with E-state index in [4.69, 9.17) is 4.74 Å². The molecule has 2 saturated heterocycles. The van der Waals surface area contributed by atoms with E-state index in [0.717, 1.165) is 6.20 Å². The number of anilines is 2. The van der Waals surface area contributed by atoms with E-state index >= 15 is 13.2 Å². The number of aromatic nitrogens is 6. The smallest absolute Gasteiger partial charge is 0.280 e. The molecule has 6 rings (SSSR count). The van der Waals surface area contributed by atoms with Gasteiger partial charge in [-0.1, -0.05) is 0 Å². The van der Waals surface area contributed by atoms with E-state index in [1.165, 1.54) is 15.1 Å². The first kappa shape index (κ1) is 25.7. The van der Waals surface area contributed by atoms with Crippen molar-refractivity contribution < 1.29 is 26.7 Å². The predicted molar refractivity (Wildman–Crippen MR) is 133 cm³/mol. The summed E-state index contributed by atoms with van der Waals surface area (Å²) < 4.78 is 79.3. The van der Waals surface area contributed by atoms with Crippen LogP contribution in [0.25, 0.3) is 27.9 Å². The Balaban J connectivity index is 1.34. The molecule has 0 saturated carbocycles. The van der Waals surface area contributed by atoms with E-state index in [1.54, 1.807) is 24.9 Å². The highest BCUT2D eigenvalue weighted by Gasteiger charge is 2.47. The second-order valence-corrected chi connectivity index (χ2v) is 9.79. The van der Waals surface area contributed by atoms with E-state index in [0.29, 0.717) is 31.1 Å². The molecule has 10 nitrogen and oxygen atoms in total. The zero-order valence-electron chi connectivity index (χ0n) is 21.1. The van der Waals surface area contributed by atoms with Gasteiger partial charge in [0.1, 0.15) is 16.9 Å². The lowest BCUT2D eigenvalue weighted by atomic mass is 9.98. The number of halogens is 5. The molecule has 0 aromatic carbocycles. The normalized spacial score (nSPS) is 20.2. The molecule has 0 amide bonds. The first-order valence-electron chi connectivity index (χ1n) is 12.5. The summed E-state index contributed by atoms with van der Waals surface area (Å²) in [5.41, 5.74) is 1.01. The van der Waals surface area contributed by atoms with Gasteiger partial charge in [0, 0.05) is 13.6 Å². The molecule has 0 radical (unpaired) electrons. The Morgan fingerprint density at radius 1 is 1.18 bits per heavy atom. The van der Waals surface area contributed by atoms with E-state index < -0.39 is 37.3 Å². The van der Waals surface area contributed by atoms with Crippen molar-refractivity contribution in [1.29, 1.82) is 0 Å². The highest BCUT2D eigenvalue weighted by atomic mass is 19.3. The van der Waals surface area contributed by atoms with Crippen molar-refractivity contribution >= 4 is 28.4 Å². The summed E-state index contributed by atoms with van der Waals surface area (Å²) in [6.07, 6.45) is -1.36. The zero-order chi connectivity index (χ0) is 27.5. The Labute approximate surface area is 219 Å². The Kier molecular flexibility index (Phi) is 6.29. The van der Waals surface area contributed by atoms with Crippen molar-refractivity contribution in [3.05, 3.63) is 30.0 Å². The van der Waals surface area contributed by atoms with Crippen molar-refractivity contribution in [1.82, 2.24) is 34.0 Å². The van der Waals surface area contributed by atoms with Gasteiger partial charge in [0.05, 0.1) is 55.8 Å². The number of nitrogens with one attached hydrogen (secondary N) is 2. The number of nitrogens with zero attached hydrogens (tertiary/aromatic N) is 7. The number of likely N-dealkylation sites (tertiary alicyclic amines) is 1. The number of rotatable bonds is 7. The van der Waals surface area contributed by atoms with Crippen LogP contribution in [0.1, 0.15) is 12.2 Å². The average Bonchev–Trinajstić information content (AvgIpc) is 3.33. The molecule has 6 heterocycles. The zero-order valence-corrected chi connectivity index (χ0v) is 21.1. The summed E-state index contributed by atoms with van der Waals surface area (Å²) in [6.45, 7) is 1.97. The van der Waals surface area contributed by atoms with Gasteiger partial charge in [-0.2, -0.15) is 4.98 Å². The fourth-order valence-corrected chi connectivity index (χ4v) is 5.19. The van der Waals surface area contributed by atoms with Crippen molar-refractivity contribution in [2.24, 2.45) is 0 Å². The molecule has 2 aliphatic heterocycles. The van der Waals surface area contributed by atoms with Crippen molar-refractivity contribution in [3.8, 4) is 11.3 Å². The van der Waals surface area contributed by atoms with Gasteiger partial charge in [0.2, 0.25) is 5.95 Å². The minimum Gasteiger partial charge on any atom is -0.378 e. The summed E-state index contributed by atoms with van der Waals surface area (Å²) in [5.74, 6) is -3.29. The third-order valence-corrected chi connectivity index (χ3v) is 7.25. The summed E-state index contributed by atoms with van der Waals surface area (Å²) in [6, 6.07) is 1.91. The minimum absolute atomic E-state index is 0.00680. The van der Waals surface area contributed by atoms with Crippen LogP contribution < -0.4 is 10.6 Å². The topological polar surface area (TPSA) is 97.4 Å². The van der Waals surface area contributed by atoms with E-state index in [-0.39, 0.29) is 46.7 Å². The van der Waals surface area contributed by atoms with Crippen LogP contribution in [0.3, 0.4) is 0 Å². The third kappa shape index (κ3) is 4.52. The molecule has 0 unspecified atom stereocenters. The minimum atomic E-state index is -3.04. The van der Waals surface area contributed by atoms with Crippen LogP contribution >= 0.6 is 0 Å². The lowest BCUT2D eigenvalue weighted by Crippen LogP contribution is -2.61. The van der Waals surface area contributed by atoms with Crippen molar-refractivity contribution in [3.63, 3.8) is 0 Å². The highest BCUT2D eigenvalue weighted by molar-refractivity contribution is 5.89. The SMILES string of the molecule is CNc1nc(N[C@@H]2CCN(C3COC3)CC2(F)F)nn2cc(F)c(-c3ccc4nc(C)n(CC(F)F)c4n3)c12. The number of hydrogen-bond donors (Lipinski definition) is 2. The molecule has 208 valence electrons. The van der Waals surface area contributed by atoms with Gasteiger partial charge in [-0.3, -0.25) is 4.90 Å². The maximum Gasteiger partial charge on any atom is 0.280 e. The molecular formula is C24H26F5N9O. The Hall–Kier alpha value is -3.59. The maximum atomic E-state index is 15.3. The number of alkyl halides is 4. The fourth-order valence-electron chi connectivity index (χ4n) is 5.19. The van der Waals surface area contributed by atoms with Crippen LogP contribution in [-0.4, -0.2) is 91.8 Å². The molecule has 0 aliphatic carbocycles. The van der Waals surface area contributed by atoms with Gasteiger partial charge < -0.3 is 19.9 Å². The van der Waals surface area contributed by atoms with E-state index in [1.807, 2.05) is 0 Å². The van der Waals surface area contributed by atoms with Crippen LogP contribution in [0.5, 0.6) is 0 Å². The Morgan fingerprint density at radius 3 is 2.64 bits per heavy atom. The van der Waals surface area contributed by atoms with Crippen LogP contribution in [0, 0.1) is 12.7 Å². The summed E-state index contributed by atoms with van der Waals surface area (Å²) in [7, 11) is 1.56. The summed E-state index contributed by atoms with van der Waals surface area (Å²) in [5, 5.41) is 9.88. The van der Waals surface area contributed by atoms with Gasteiger partial charge in [0.15, 0.2) is 17.3 Å². The molecule has 4 aromatic rings. The number of pyridine rings is 1. The van der Waals surface area contributed by atoms with Gasteiger partial charge in [-0.05, 0) is 25.5 Å². The molecule has 2 aliphatic rings. The number of imidazole rings is 1. The molecule has 2 fully saturated rings. The lowest BCUT2D eigenvalue weighted by Gasteiger charge is -2.44. The second kappa shape index (κ2) is 9.55. The van der Waals surface area contributed by atoms with Crippen molar-refractivity contribution in [2.45, 2.75) is 44.3 Å². The van der Waals surface area contributed by atoms with Crippen LogP contribution in [0.15, 0.2) is 18.3 Å². The van der Waals surface area contributed by atoms with E-state index in [2.05, 4.69) is 30.7 Å². The molecule has 1 atom stereocenters. The number of aryl methyl sites for hydroxylation is 1. The molecule has 0 spiro atoms. The Morgan fingerprint density at radius 2 is 1.97 bits per heavy atom. The fraction of sp³-hybridized carbons (Fsp3) is 0.500. The largest absolute Gasteiger partial charge is 0.378 e. The first-order chi connectivity index (χ1) is 18.6. The third-order valence-electron chi connectivity index (χ3n) is 7.25. The first-order valence-corrected chi connectivity index (χ1v) is 12.5. The quantitative estimate of drug-likeness (QED) is 0.338. The van der Waals surface area contributed by atoms with Gasteiger partial charge >= 0.3 is 0 Å². The van der Waals surface area contributed by atoms with Crippen LogP contribution in [0.2, 0.25) is 0 Å². The molecule has 2 N–H and O–H groups in total. The number of fused-ring (bicyclic) bond motifs is 2. The molecule has 4 aromatic heterocycles. The van der Waals surface area contributed by atoms with E-state index in [9.17, 15) is 8.78 Å². The Bertz CT molecular complexity index is 1530. The highest BCUT2D eigenvalue weighted by Crippen LogP contribution is 2.35. The van der Waals surface area contributed by atoms with Crippen LogP contribution in [0.4, 0.5) is 33.7 Å².